The normalized spacial score (nSPS) is 16.5. The summed E-state index contributed by atoms with van der Waals surface area (Å²) < 4.78 is 20.2. The molecule has 146 valence electrons. The van der Waals surface area contributed by atoms with Crippen molar-refractivity contribution in [1.82, 2.24) is 29.9 Å². The summed E-state index contributed by atoms with van der Waals surface area (Å²) >= 11 is 0. The molecule has 1 aromatic carbocycles. The van der Waals surface area contributed by atoms with Gasteiger partial charge in [0, 0.05) is 24.5 Å². The maximum atomic E-state index is 13.2. The van der Waals surface area contributed by atoms with Gasteiger partial charge in [0.2, 0.25) is 11.8 Å². The van der Waals surface area contributed by atoms with E-state index in [9.17, 15) is 4.39 Å². The van der Waals surface area contributed by atoms with Gasteiger partial charge in [0.25, 0.3) is 0 Å². The molecular weight excluding hydrogens is 373 g/mol. The molecule has 3 aromatic heterocycles. The standard InChI is InChI=1S/C20H18FN7O/c1-13-24-19(29-26-13)18-3-2-10-27(18)20-22-9-8-17(25-20)14-11-23-28(12-14)16-6-4-15(21)5-7-16/h4-9,11-12,18H,2-3,10H2,1H3/t18-/m0/s1. The molecule has 0 N–H and O–H groups in total. The Morgan fingerprint density at radius 1 is 1.14 bits per heavy atom. The molecule has 8 nitrogen and oxygen atoms in total. The molecule has 1 atom stereocenters. The van der Waals surface area contributed by atoms with Crippen molar-refractivity contribution in [2.24, 2.45) is 0 Å². The lowest BCUT2D eigenvalue weighted by Gasteiger charge is -2.21. The number of hydrogen-bond donors (Lipinski definition) is 0. The van der Waals surface area contributed by atoms with Crippen molar-refractivity contribution in [3.05, 3.63) is 66.5 Å². The Bertz CT molecular complexity index is 1140. The van der Waals surface area contributed by atoms with Crippen molar-refractivity contribution in [2.75, 3.05) is 11.4 Å². The Hall–Kier alpha value is -3.62. The van der Waals surface area contributed by atoms with E-state index in [-0.39, 0.29) is 11.9 Å². The molecule has 4 heterocycles. The monoisotopic (exact) mass is 391 g/mol. The van der Waals surface area contributed by atoms with E-state index >= 15 is 0 Å². The average molecular weight is 391 g/mol. The fraction of sp³-hybridized carbons (Fsp3) is 0.250. The van der Waals surface area contributed by atoms with Gasteiger partial charge in [0.1, 0.15) is 11.9 Å². The lowest BCUT2D eigenvalue weighted by Crippen LogP contribution is -2.25. The minimum Gasteiger partial charge on any atom is -0.337 e. The van der Waals surface area contributed by atoms with Crippen molar-refractivity contribution < 1.29 is 8.91 Å². The fourth-order valence-electron chi connectivity index (χ4n) is 3.55. The number of nitrogens with zero attached hydrogens (tertiary/aromatic N) is 7. The molecule has 4 aromatic rings. The largest absolute Gasteiger partial charge is 0.337 e. The van der Waals surface area contributed by atoms with Crippen LogP contribution in [-0.2, 0) is 0 Å². The van der Waals surface area contributed by atoms with Gasteiger partial charge < -0.3 is 9.42 Å². The van der Waals surface area contributed by atoms with Crippen molar-refractivity contribution in [3.8, 4) is 16.9 Å². The number of rotatable bonds is 4. The smallest absolute Gasteiger partial charge is 0.249 e. The molecule has 0 spiro atoms. The molecule has 1 saturated heterocycles. The van der Waals surface area contributed by atoms with E-state index in [0.29, 0.717) is 17.7 Å². The Morgan fingerprint density at radius 2 is 2.00 bits per heavy atom. The predicted octanol–water partition coefficient (Wildman–Crippen LogP) is 3.50. The van der Waals surface area contributed by atoms with Gasteiger partial charge in [0.15, 0.2) is 5.82 Å². The molecule has 1 aliphatic heterocycles. The highest BCUT2D eigenvalue weighted by Gasteiger charge is 2.32. The Labute approximate surface area is 166 Å². The summed E-state index contributed by atoms with van der Waals surface area (Å²) in [6, 6.07) is 8.00. The molecule has 0 amide bonds. The number of aromatic nitrogens is 6. The highest BCUT2D eigenvalue weighted by atomic mass is 19.1. The maximum absolute atomic E-state index is 13.2. The van der Waals surface area contributed by atoms with Gasteiger partial charge in [-0.05, 0) is 50.1 Å². The minimum absolute atomic E-state index is 0.0200. The summed E-state index contributed by atoms with van der Waals surface area (Å²) in [6.07, 6.45) is 7.25. The summed E-state index contributed by atoms with van der Waals surface area (Å²) in [5.74, 6) is 1.56. The van der Waals surface area contributed by atoms with Crippen LogP contribution in [0.4, 0.5) is 10.3 Å². The lowest BCUT2D eigenvalue weighted by molar-refractivity contribution is 0.351. The van der Waals surface area contributed by atoms with Crippen LogP contribution in [0.2, 0.25) is 0 Å². The Kier molecular flexibility index (Phi) is 4.27. The van der Waals surface area contributed by atoms with E-state index in [1.165, 1.54) is 12.1 Å². The van der Waals surface area contributed by atoms with E-state index in [2.05, 4.69) is 25.1 Å². The first kappa shape index (κ1) is 17.5. The van der Waals surface area contributed by atoms with E-state index in [0.717, 1.165) is 36.3 Å². The lowest BCUT2D eigenvalue weighted by atomic mass is 10.2. The predicted molar refractivity (Wildman–Crippen MR) is 103 cm³/mol. The highest BCUT2D eigenvalue weighted by Crippen LogP contribution is 2.34. The van der Waals surface area contributed by atoms with E-state index in [1.54, 1.807) is 29.2 Å². The molecule has 29 heavy (non-hydrogen) atoms. The highest BCUT2D eigenvalue weighted by molar-refractivity contribution is 5.59. The molecule has 0 radical (unpaired) electrons. The summed E-state index contributed by atoms with van der Waals surface area (Å²) in [7, 11) is 0. The number of halogens is 1. The van der Waals surface area contributed by atoms with Gasteiger partial charge in [-0.15, -0.1) is 0 Å². The van der Waals surface area contributed by atoms with Crippen LogP contribution in [0.3, 0.4) is 0 Å². The van der Waals surface area contributed by atoms with Gasteiger partial charge in [-0.3, -0.25) is 0 Å². The van der Waals surface area contributed by atoms with Gasteiger partial charge in [-0.2, -0.15) is 10.1 Å². The molecule has 9 heteroatoms. The third-order valence-electron chi connectivity index (χ3n) is 4.95. The van der Waals surface area contributed by atoms with Crippen LogP contribution >= 0.6 is 0 Å². The molecule has 1 aliphatic rings. The van der Waals surface area contributed by atoms with Crippen LogP contribution in [-0.4, -0.2) is 36.4 Å². The molecule has 0 saturated carbocycles. The first-order valence-corrected chi connectivity index (χ1v) is 9.38. The maximum Gasteiger partial charge on any atom is 0.249 e. The summed E-state index contributed by atoms with van der Waals surface area (Å²) in [6.45, 7) is 2.63. The number of benzene rings is 1. The first-order valence-electron chi connectivity index (χ1n) is 9.38. The van der Waals surface area contributed by atoms with Crippen molar-refractivity contribution in [3.63, 3.8) is 0 Å². The molecule has 1 fully saturated rings. The summed E-state index contributed by atoms with van der Waals surface area (Å²) in [4.78, 5) is 15.7. The van der Waals surface area contributed by atoms with Gasteiger partial charge in [0.05, 0.1) is 17.6 Å². The summed E-state index contributed by atoms with van der Waals surface area (Å²) in [5.41, 5.74) is 2.39. The summed E-state index contributed by atoms with van der Waals surface area (Å²) in [5, 5.41) is 8.28. The van der Waals surface area contributed by atoms with Crippen molar-refractivity contribution in [2.45, 2.75) is 25.8 Å². The topological polar surface area (TPSA) is 85.8 Å². The number of anilines is 1. The SMILES string of the molecule is Cc1noc([C@@H]2CCCN2c2nccc(-c3cnn(-c4ccc(F)cc4)c3)n2)n1. The fourth-order valence-corrected chi connectivity index (χ4v) is 3.55. The van der Waals surface area contributed by atoms with Crippen LogP contribution in [0.15, 0.2) is 53.4 Å². The van der Waals surface area contributed by atoms with Crippen LogP contribution in [0.25, 0.3) is 16.9 Å². The van der Waals surface area contributed by atoms with E-state index < -0.39 is 0 Å². The first-order chi connectivity index (χ1) is 14.2. The van der Waals surface area contributed by atoms with E-state index in [4.69, 9.17) is 9.51 Å². The number of hydrogen-bond acceptors (Lipinski definition) is 7. The molecule has 5 rings (SSSR count). The van der Waals surface area contributed by atoms with Crippen LogP contribution < -0.4 is 4.90 Å². The van der Waals surface area contributed by atoms with Crippen LogP contribution in [0.1, 0.15) is 30.6 Å². The van der Waals surface area contributed by atoms with Crippen LogP contribution in [0, 0.1) is 12.7 Å². The van der Waals surface area contributed by atoms with Crippen molar-refractivity contribution >= 4 is 5.95 Å². The Balaban J connectivity index is 1.43. The molecule has 0 unspecified atom stereocenters. The second-order valence-corrected chi connectivity index (χ2v) is 6.92. The molecule has 0 aliphatic carbocycles. The second kappa shape index (κ2) is 7.08. The Morgan fingerprint density at radius 3 is 2.79 bits per heavy atom. The van der Waals surface area contributed by atoms with Crippen LogP contribution in [0.5, 0.6) is 0 Å². The van der Waals surface area contributed by atoms with Gasteiger partial charge in [-0.25, -0.2) is 19.0 Å². The van der Waals surface area contributed by atoms with Gasteiger partial charge in [-0.1, -0.05) is 5.16 Å². The molecular formula is C20H18FN7O. The minimum atomic E-state index is -0.279. The number of aryl methyl sites for hydroxylation is 1. The molecule has 0 bridgehead atoms. The van der Waals surface area contributed by atoms with Crippen molar-refractivity contribution in [1.29, 1.82) is 0 Å². The third kappa shape index (κ3) is 3.35. The zero-order chi connectivity index (χ0) is 19.8. The second-order valence-electron chi connectivity index (χ2n) is 6.92. The van der Waals surface area contributed by atoms with Gasteiger partial charge >= 0.3 is 0 Å². The zero-order valence-corrected chi connectivity index (χ0v) is 15.7. The average Bonchev–Trinajstić information content (AvgIpc) is 3.49. The zero-order valence-electron chi connectivity index (χ0n) is 15.7. The third-order valence-corrected chi connectivity index (χ3v) is 4.95. The van der Waals surface area contributed by atoms with E-state index in [1.807, 2.05) is 19.2 Å². The quantitative estimate of drug-likeness (QED) is 0.526.